The Balaban J connectivity index is 0.00000200. The van der Waals surface area contributed by atoms with Gasteiger partial charge in [-0.1, -0.05) is 36.2 Å². The van der Waals surface area contributed by atoms with Gasteiger partial charge in [0.05, 0.1) is 0 Å². The van der Waals surface area contributed by atoms with Crippen molar-refractivity contribution in [2.24, 2.45) is 11.8 Å². The zero-order chi connectivity index (χ0) is 14.0. The summed E-state index contributed by atoms with van der Waals surface area (Å²) in [5.74, 6) is 0.617. The van der Waals surface area contributed by atoms with Crippen molar-refractivity contribution in [3.8, 4) is 0 Å². The van der Waals surface area contributed by atoms with Crippen molar-refractivity contribution >= 4 is 41.5 Å². The van der Waals surface area contributed by atoms with Crippen LogP contribution in [0.5, 0.6) is 0 Å². The second kappa shape index (κ2) is 7.51. The average molecular weight is 338 g/mol. The lowest BCUT2D eigenvalue weighted by atomic mass is 9.88. The van der Waals surface area contributed by atoms with Crippen LogP contribution in [-0.4, -0.2) is 30.9 Å². The van der Waals surface area contributed by atoms with Crippen LogP contribution in [0.15, 0.2) is 18.2 Å². The molecule has 1 aromatic carbocycles. The van der Waals surface area contributed by atoms with Crippen LogP contribution < -0.4 is 5.32 Å². The lowest BCUT2D eigenvalue weighted by molar-refractivity contribution is -0.136. The van der Waals surface area contributed by atoms with E-state index in [0.29, 0.717) is 22.5 Å². The summed E-state index contributed by atoms with van der Waals surface area (Å²) in [4.78, 5) is 14.0. The van der Waals surface area contributed by atoms with Gasteiger partial charge in [-0.3, -0.25) is 4.79 Å². The monoisotopic (exact) mass is 336 g/mol. The van der Waals surface area contributed by atoms with E-state index in [1.54, 1.807) is 30.1 Å². The van der Waals surface area contributed by atoms with Crippen LogP contribution in [0.2, 0.25) is 10.0 Å². The van der Waals surface area contributed by atoms with E-state index in [-0.39, 0.29) is 24.2 Å². The molecule has 112 valence electrons. The molecule has 1 atom stereocenters. The Morgan fingerprint density at radius 2 is 1.95 bits per heavy atom. The van der Waals surface area contributed by atoms with Crippen LogP contribution in [0.1, 0.15) is 12.5 Å². The molecule has 1 aliphatic heterocycles. The van der Waals surface area contributed by atoms with E-state index < -0.39 is 0 Å². The maximum absolute atomic E-state index is 12.3. The fraction of sp³-hybridized carbons (Fsp3) is 0.500. The summed E-state index contributed by atoms with van der Waals surface area (Å²) in [5, 5.41) is 4.39. The number of hydrogen-bond acceptors (Lipinski definition) is 2. The summed E-state index contributed by atoms with van der Waals surface area (Å²) in [5.41, 5.74) is 0.806. The minimum atomic E-state index is 0. The number of carbonyl (C=O) groups excluding carboxylic acids is 1. The van der Waals surface area contributed by atoms with Gasteiger partial charge in [-0.25, -0.2) is 0 Å². The molecule has 1 heterocycles. The molecule has 20 heavy (non-hydrogen) atoms. The molecule has 0 bridgehead atoms. The number of rotatable bonds is 4. The molecule has 2 rings (SSSR count). The summed E-state index contributed by atoms with van der Waals surface area (Å²) in [6, 6.07) is 5.39. The number of halogens is 3. The molecule has 1 N–H and O–H groups in total. The zero-order valence-corrected chi connectivity index (χ0v) is 13.9. The van der Waals surface area contributed by atoms with Gasteiger partial charge >= 0.3 is 0 Å². The van der Waals surface area contributed by atoms with Gasteiger partial charge in [0, 0.05) is 35.1 Å². The Bertz CT molecular complexity index is 457. The van der Waals surface area contributed by atoms with Gasteiger partial charge in [-0.2, -0.15) is 0 Å². The van der Waals surface area contributed by atoms with Gasteiger partial charge in [-0.05, 0) is 31.1 Å². The predicted molar refractivity (Wildman–Crippen MR) is 85.7 cm³/mol. The molecule has 1 fully saturated rings. The number of nitrogens with one attached hydrogen (secondary N) is 1. The van der Waals surface area contributed by atoms with Crippen molar-refractivity contribution in [3.05, 3.63) is 33.8 Å². The Morgan fingerprint density at radius 3 is 2.40 bits per heavy atom. The highest BCUT2D eigenvalue weighted by atomic mass is 35.5. The summed E-state index contributed by atoms with van der Waals surface area (Å²) in [7, 11) is 1.80. The lowest BCUT2D eigenvalue weighted by Gasteiger charge is -2.34. The summed E-state index contributed by atoms with van der Waals surface area (Å²) < 4.78 is 0. The molecular formula is C14H19Cl3N2O. The Hall–Kier alpha value is -0.480. The van der Waals surface area contributed by atoms with Crippen LogP contribution in [0.25, 0.3) is 0 Å². The van der Waals surface area contributed by atoms with Crippen molar-refractivity contribution in [1.82, 2.24) is 10.2 Å². The van der Waals surface area contributed by atoms with E-state index in [4.69, 9.17) is 23.2 Å². The molecule has 1 aliphatic rings. The highest BCUT2D eigenvalue weighted by Gasteiger charge is 2.30. The second-order valence-corrected chi connectivity index (χ2v) is 5.92. The second-order valence-electron chi connectivity index (χ2n) is 5.10. The van der Waals surface area contributed by atoms with E-state index in [0.717, 1.165) is 18.7 Å². The molecule has 3 nitrogen and oxygen atoms in total. The largest absolute Gasteiger partial charge is 0.341 e. The quantitative estimate of drug-likeness (QED) is 0.915. The first-order chi connectivity index (χ1) is 9.00. The molecule has 1 amide bonds. The highest BCUT2D eigenvalue weighted by molar-refractivity contribution is 6.36. The van der Waals surface area contributed by atoms with E-state index in [2.05, 4.69) is 5.32 Å². The van der Waals surface area contributed by atoms with Gasteiger partial charge in [0.2, 0.25) is 5.91 Å². The highest BCUT2D eigenvalue weighted by Crippen LogP contribution is 2.26. The van der Waals surface area contributed by atoms with Crippen LogP contribution in [-0.2, 0) is 11.3 Å². The topological polar surface area (TPSA) is 32.3 Å². The molecule has 1 saturated heterocycles. The number of hydrogen-bond donors (Lipinski definition) is 1. The smallest absolute Gasteiger partial charge is 0.225 e. The summed E-state index contributed by atoms with van der Waals surface area (Å²) in [6.45, 7) is 4.28. The van der Waals surface area contributed by atoms with Crippen molar-refractivity contribution in [3.63, 3.8) is 0 Å². The van der Waals surface area contributed by atoms with Crippen molar-refractivity contribution in [1.29, 1.82) is 0 Å². The number of amides is 1. The fourth-order valence-corrected chi connectivity index (χ4v) is 2.73. The minimum absolute atomic E-state index is 0. The normalized spacial score (nSPS) is 16.0. The molecule has 0 saturated carbocycles. The SMILES string of the molecule is CC(C(=O)N(C)Cc1c(Cl)cccc1Cl)C1CNC1.Cl. The standard InChI is InChI=1S/C14H18Cl2N2O.ClH/c1-9(10-6-17-7-10)14(19)18(2)8-11-12(15)4-3-5-13(11)16;/h3-5,9-10,17H,6-8H2,1-2H3;1H. The third kappa shape index (κ3) is 3.79. The van der Waals surface area contributed by atoms with Crippen molar-refractivity contribution in [2.75, 3.05) is 20.1 Å². The molecule has 1 unspecified atom stereocenters. The Kier molecular flexibility index (Phi) is 6.59. The third-order valence-electron chi connectivity index (χ3n) is 3.74. The van der Waals surface area contributed by atoms with E-state index in [9.17, 15) is 4.79 Å². The molecule has 0 radical (unpaired) electrons. The first-order valence-electron chi connectivity index (χ1n) is 6.39. The van der Waals surface area contributed by atoms with Gasteiger partial charge in [0.25, 0.3) is 0 Å². The lowest BCUT2D eigenvalue weighted by Crippen LogP contribution is -2.49. The maximum atomic E-state index is 12.3. The fourth-order valence-electron chi connectivity index (χ4n) is 2.21. The molecule has 6 heteroatoms. The first kappa shape index (κ1) is 17.6. The van der Waals surface area contributed by atoms with Crippen LogP contribution in [0.4, 0.5) is 0 Å². The van der Waals surface area contributed by atoms with Crippen molar-refractivity contribution < 1.29 is 4.79 Å². The molecule has 1 aromatic rings. The first-order valence-corrected chi connectivity index (χ1v) is 7.15. The Morgan fingerprint density at radius 1 is 1.40 bits per heavy atom. The van der Waals surface area contributed by atoms with E-state index >= 15 is 0 Å². The van der Waals surface area contributed by atoms with Crippen molar-refractivity contribution in [2.45, 2.75) is 13.5 Å². The number of nitrogens with zero attached hydrogens (tertiary/aromatic N) is 1. The average Bonchev–Trinajstić information content (AvgIpc) is 2.30. The van der Waals surface area contributed by atoms with Gasteiger partial charge < -0.3 is 10.2 Å². The maximum Gasteiger partial charge on any atom is 0.225 e. The summed E-state index contributed by atoms with van der Waals surface area (Å²) >= 11 is 12.3. The zero-order valence-electron chi connectivity index (χ0n) is 11.5. The van der Waals surface area contributed by atoms with E-state index in [1.807, 2.05) is 6.92 Å². The van der Waals surface area contributed by atoms with Crippen LogP contribution >= 0.6 is 35.6 Å². The van der Waals surface area contributed by atoms with Crippen LogP contribution in [0, 0.1) is 11.8 Å². The number of benzene rings is 1. The van der Waals surface area contributed by atoms with Gasteiger partial charge in [0.1, 0.15) is 0 Å². The molecule has 0 aromatic heterocycles. The molecular weight excluding hydrogens is 319 g/mol. The number of carbonyl (C=O) groups is 1. The molecule has 0 aliphatic carbocycles. The summed E-state index contributed by atoms with van der Waals surface area (Å²) in [6.07, 6.45) is 0. The van der Waals surface area contributed by atoms with Gasteiger partial charge in [-0.15, -0.1) is 12.4 Å². The molecule has 0 spiro atoms. The Labute approximate surface area is 136 Å². The predicted octanol–water partition coefficient (Wildman–Crippen LogP) is 3.23. The minimum Gasteiger partial charge on any atom is -0.341 e. The van der Waals surface area contributed by atoms with Gasteiger partial charge in [0.15, 0.2) is 0 Å². The van der Waals surface area contributed by atoms with Crippen LogP contribution in [0.3, 0.4) is 0 Å². The third-order valence-corrected chi connectivity index (χ3v) is 4.45. The van der Waals surface area contributed by atoms with E-state index in [1.165, 1.54) is 0 Å².